The Morgan fingerprint density at radius 3 is 2.41 bits per heavy atom. The smallest absolute Gasteiger partial charge is 0.433 e. The molecule has 2 atom stereocenters. The highest BCUT2D eigenvalue weighted by Crippen LogP contribution is 2.44. The fraction of sp³-hybridized carbons (Fsp3) is 0.618. The van der Waals surface area contributed by atoms with Gasteiger partial charge in [0.25, 0.3) is 0 Å². The molecule has 0 radical (unpaired) electrons. The maximum atomic E-state index is 14.6. The number of nitrogens with zero attached hydrogens (tertiary/aromatic N) is 4. The van der Waals surface area contributed by atoms with Gasteiger partial charge in [0.1, 0.15) is 11.4 Å². The van der Waals surface area contributed by atoms with Gasteiger partial charge in [-0.2, -0.15) is 13.2 Å². The van der Waals surface area contributed by atoms with Gasteiger partial charge in [0, 0.05) is 74.2 Å². The molecule has 2 aliphatic carbocycles. The molecule has 46 heavy (non-hydrogen) atoms. The number of piperidine rings is 1. The highest BCUT2D eigenvalue weighted by molar-refractivity contribution is 6.31. The second kappa shape index (κ2) is 13.0. The molecule has 2 saturated heterocycles. The van der Waals surface area contributed by atoms with Gasteiger partial charge in [-0.25, -0.2) is 14.6 Å². The minimum absolute atomic E-state index is 0.00431. The first-order valence-corrected chi connectivity index (χ1v) is 16.9. The standard InChI is InChI=1S/C34H44ClF4N5O2/c1-3-46-31(45)28-21-40-44(30(28)34(37,38)39)27-6-4-15-43(22-27)29-20-25(35)11-14-32(29,2)24-7-9-26(10-8-24)42-18-16-41(17-19-42)23-33(36)12-5-13-33/h7-11,20,27,40H,3-6,12-19,21-23H2,1-2H3. The summed E-state index contributed by atoms with van der Waals surface area (Å²) in [7, 11) is 0. The van der Waals surface area contributed by atoms with E-state index in [9.17, 15) is 22.4 Å². The van der Waals surface area contributed by atoms with Crippen molar-refractivity contribution in [1.82, 2.24) is 20.2 Å². The van der Waals surface area contributed by atoms with Crippen LogP contribution in [0.15, 0.2) is 58.4 Å². The van der Waals surface area contributed by atoms with Crippen molar-refractivity contribution in [1.29, 1.82) is 0 Å². The summed E-state index contributed by atoms with van der Waals surface area (Å²) >= 11 is 6.56. The van der Waals surface area contributed by atoms with Crippen LogP contribution in [-0.4, -0.2) is 97.6 Å². The van der Waals surface area contributed by atoms with Crippen molar-refractivity contribution in [2.75, 3.05) is 63.9 Å². The van der Waals surface area contributed by atoms with E-state index in [1.165, 1.54) is 0 Å². The number of likely N-dealkylation sites (tertiary alicyclic amines) is 1. The van der Waals surface area contributed by atoms with Crippen LogP contribution in [0.1, 0.15) is 57.9 Å². The number of hydrazine groups is 1. The van der Waals surface area contributed by atoms with Gasteiger partial charge < -0.3 is 14.5 Å². The largest absolute Gasteiger partial charge is 0.463 e. The minimum Gasteiger partial charge on any atom is -0.463 e. The van der Waals surface area contributed by atoms with Gasteiger partial charge in [0.2, 0.25) is 0 Å². The summed E-state index contributed by atoms with van der Waals surface area (Å²) in [6.45, 7) is 8.47. The summed E-state index contributed by atoms with van der Waals surface area (Å²) in [4.78, 5) is 19.2. The quantitative estimate of drug-likeness (QED) is 0.269. The van der Waals surface area contributed by atoms with Crippen molar-refractivity contribution in [2.45, 2.75) is 75.7 Å². The molecule has 6 rings (SSSR count). The van der Waals surface area contributed by atoms with Gasteiger partial charge in [-0.15, -0.1) is 0 Å². The number of carbonyl (C=O) groups excluding carboxylic acids is 1. The third-order valence-electron chi connectivity index (χ3n) is 10.4. The van der Waals surface area contributed by atoms with Crippen LogP contribution < -0.4 is 10.3 Å². The number of allylic oxidation sites excluding steroid dienone is 5. The first-order chi connectivity index (χ1) is 21.9. The zero-order chi connectivity index (χ0) is 32.7. The number of halogens is 5. The number of ether oxygens (including phenoxy) is 1. The Hall–Kier alpha value is -2.76. The predicted molar refractivity (Wildman–Crippen MR) is 171 cm³/mol. The fourth-order valence-electron chi connectivity index (χ4n) is 7.65. The van der Waals surface area contributed by atoms with Crippen molar-refractivity contribution in [3.05, 3.63) is 64.0 Å². The summed E-state index contributed by atoms with van der Waals surface area (Å²) in [5, 5.41) is 1.76. The third kappa shape index (κ3) is 6.65. The Balaban J connectivity index is 1.17. The number of benzene rings is 1. The number of nitrogens with one attached hydrogen (secondary N) is 1. The molecule has 7 nitrogen and oxygen atoms in total. The first-order valence-electron chi connectivity index (χ1n) is 16.5. The molecule has 1 saturated carbocycles. The average molecular weight is 666 g/mol. The van der Waals surface area contributed by atoms with E-state index in [4.69, 9.17) is 16.3 Å². The van der Waals surface area contributed by atoms with Crippen LogP contribution in [0.25, 0.3) is 0 Å². The molecule has 252 valence electrons. The number of esters is 1. The molecule has 1 N–H and O–H groups in total. The zero-order valence-corrected chi connectivity index (χ0v) is 27.4. The van der Waals surface area contributed by atoms with Gasteiger partial charge in [0.05, 0.1) is 18.2 Å². The lowest BCUT2D eigenvalue weighted by atomic mass is 9.73. The van der Waals surface area contributed by atoms with E-state index in [0.717, 1.165) is 54.6 Å². The summed E-state index contributed by atoms with van der Waals surface area (Å²) in [6, 6.07) is 8.06. The number of anilines is 1. The number of hydrogen-bond acceptors (Lipinski definition) is 7. The average Bonchev–Trinajstić information content (AvgIpc) is 3.49. The van der Waals surface area contributed by atoms with E-state index in [1.807, 2.05) is 12.2 Å². The van der Waals surface area contributed by atoms with Gasteiger partial charge in [0.15, 0.2) is 0 Å². The Labute approximate surface area is 273 Å². The van der Waals surface area contributed by atoms with Crippen molar-refractivity contribution >= 4 is 23.3 Å². The molecule has 1 aromatic carbocycles. The van der Waals surface area contributed by atoms with Crippen LogP contribution in [0.3, 0.4) is 0 Å². The van der Waals surface area contributed by atoms with E-state index < -0.39 is 35.0 Å². The molecule has 0 aromatic heterocycles. The number of piperazine rings is 1. The summed E-state index contributed by atoms with van der Waals surface area (Å²) in [5.74, 6) is -0.941. The van der Waals surface area contributed by atoms with E-state index in [1.54, 1.807) is 6.92 Å². The Morgan fingerprint density at radius 1 is 1.07 bits per heavy atom. The molecule has 1 aromatic rings. The predicted octanol–water partition coefficient (Wildman–Crippen LogP) is 6.03. The maximum Gasteiger partial charge on any atom is 0.433 e. The molecular weight excluding hydrogens is 622 g/mol. The highest BCUT2D eigenvalue weighted by atomic mass is 35.5. The Bertz CT molecular complexity index is 1380. The number of carbonyl (C=O) groups is 1. The van der Waals surface area contributed by atoms with E-state index >= 15 is 0 Å². The van der Waals surface area contributed by atoms with Gasteiger partial charge in [-0.3, -0.25) is 9.91 Å². The number of alkyl halides is 4. The van der Waals surface area contributed by atoms with E-state index in [0.29, 0.717) is 56.8 Å². The second-order valence-corrected chi connectivity index (χ2v) is 13.9. The second-order valence-electron chi connectivity index (χ2n) is 13.5. The Morgan fingerprint density at radius 2 is 1.78 bits per heavy atom. The van der Waals surface area contributed by atoms with Gasteiger partial charge in [-0.1, -0.05) is 29.8 Å². The molecule has 12 heteroatoms. The molecule has 3 aliphatic heterocycles. The van der Waals surface area contributed by atoms with Gasteiger partial charge >= 0.3 is 12.1 Å². The Kier molecular flexibility index (Phi) is 9.39. The lowest BCUT2D eigenvalue weighted by Gasteiger charge is -2.47. The van der Waals surface area contributed by atoms with E-state index in [2.05, 4.69) is 51.3 Å². The molecule has 0 spiro atoms. The van der Waals surface area contributed by atoms with Crippen LogP contribution in [0.5, 0.6) is 0 Å². The van der Waals surface area contributed by atoms with Crippen LogP contribution in [0.2, 0.25) is 0 Å². The summed E-state index contributed by atoms with van der Waals surface area (Å²) in [6.07, 6.45) is 3.47. The fourth-order valence-corrected chi connectivity index (χ4v) is 7.83. The monoisotopic (exact) mass is 665 g/mol. The van der Waals surface area contributed by atoms with Crippen molar-refractivity contribution in [3.8, 4) is 0 Å². The third-order valence-corrected chi connectivity index (χ3v) is 10.7. The zero-order valence-electron chi connectivity index (χ0n) is 26.6. The molecular formula is C34H44ClF4N5O2. The topological polar surface area (TPSA) is 51.3 Å². The van der Waals surface area contributed by atoms with Crippen LogP contribution >= 0.6 is 11.6 Å². The molecule has 3 fully saturated rings. The minimum atomic E-state index is -4.71. The van der Waals surface area contributed by atoms with Gasteiger partial charge in [-0.05, 0) is 76.1 Å². The van der Waals surface area contributed by atoms with Crippen molar-refractivity contribution in [2.24, 2.45) is 0 Å². The maximum absolute atomic E-state index is 14.6. The molecule has 5 aliphatic rings. The normalized spacial score (nSPS) is 27.4. The lowest BCUT2D eigenvalue weighted by molar-refractivity contribution is -0.140. The molecule has 2 unspecified atom stereocenters. The van der Waals surface area contributed by atoms with Crippen LogP contribution in [0.4, 0.5) is 23.2 Å². The molecule has 0 bridgehead atoms. The molecule has 3 heterocycles. The molecule has 0 amide bonds. The number of hydrogen-bond donors (Lipinski definition) is 1. The lowest BCUT2D eigenvalue weighted by Crippen LogP contribution is -2.53. The SMILES string of the molecule is CCOC(=O)C1=C(C(F)(F)F)N(C2CCCN(C3=CC(Cl)=CCC3(C)c3ccc(N4CCN(CC5(F)CCC5)CC4)cc3)C2)NC1. The van der Waals surface area contributed by atoms with Crippen molar-refractivity contribution in [3.63, 3.8) is 0 Å². The van der Waals surface area contributed by atoms with Crippen molar-refractivity contribution < 1.29 is 27.1 Å². The summed E-state index contributed by atoms with van der Waals surface area (Å²) < 4.78 is 62.5. The number of rotatable bonds is 8. The summed E-state index contributed by atoms with van der Waals surface area (Å²) in [5.41, 5.74) is 3.27. The van der Waals surface area contributed by atoms with Crippen LogP contribution in [0, 0.1) is 0 Å². The first kappa shape index (κ1) is 33.2. The van der Waals surface area contributed by atoms with E-state index in [-0.39, 0.29) is 18.7 Å². The highest BCUT2D eigenvalue weighted by Gasteiger charge is 2.49. The van der Waals surface area contributed by atoms with Crippen LogP contribution in [-0.2, 0) is 14.9 Å².